The Labute approximate surface area is 230 Å². The summed E-state index contributed by atoms with van der Waals surface area (Å²) >= 11 is 2.07. The molecule has 0 aliphatic carbocycles. The van der Waals surface area contributed by atoms with Gasteiger partial charge in [-0.3, -0.25) is 9.59 Å². The highest BCUT2D eigenvalue weighted by Gasteiger charge is 2.41. The van der Waals surface area contributed by atoms with E-state index in [0.717, 1.165) is 11.3 Å². The lowest BCUT2D eigenvalue weighted by atomic mass is 9.76. The molecule has 8 nitrogen and oxygen atoms in total. The molecule has 1 aromatic carbocycles. The zero-order chi connectivity index (χ0) is 28.0. The van der Waals surface area contributed by atoms with E-state index in [2.05, 4.69) is 37.0 Å². The minimum atomic E-state index is -1.02. The molecule has 0 bridgehead atoms. The molecule has 3 atom stereocenters. The number of anilines is 1. The molecule has 0 radical (unpaired) electrons. The molecule has 0 fully saturated rings. The Bertz CT molecular complexity index is 952. The van der Waals surface area contributed by atoms with Crippen LogP contribution in [0, 0.1) is 11.3 Å². The van der Waals surface area contributed by atoms with Crippen LogP contribution in [0.4, 0.5) is 5.69 Å². The number of benzene rings is 1. The van der Waals surface area contributed by atoms with Crippen LogP contribution in [0.15, 0.2) is 35.9 Å². The lowest BCUT2D eigenvalue weighted by Gasteiger charge is -2.40. The largest absolute Gasteiger partial charge is 0.478 e. The van der Waals surface area contributed by atoms with E-state index in [4.69, 9.17) is 0 Å². The van der Waals surface area contributed by atoms with Crippen molar-refractivity contribution < 1.29 is 19.5 Å². The number of rotatable bonds is 11. The van der Waals surface area contributed by atoms with Crippen LogP contribution >= 0.6 is 22.9 Å². The summed E-state index contributed by atoms with van der Waals surface area (Å²) in [6.45, 7) is 15.1. The zero-order valence-electron chi connectivity index (χ0n) is 23.2. The van der Waals surface area contributed by atoms with Gasteiger partial charge in [-0.2, -0.15) is 0 Å². The Morgan fingerprint density at radius 2 is 1.56 bits per heavy atom. The van der Waals surface area contributed by atoms with E-state index in [-0.39, 0.29) is 23.3 Å². The Balaban J connectivity index is 3.30. The molecule has 0 aliphatic heterocycles. The first-order valence-electron chi connectivity index (χ1n) is 12.1. The number of carboxylic acid groups (broad SMARTS) is 1. The summed E-state index contributed by atoms with van der Waals surface area (Å²) in [5, 5.41) is 15.5. The van der Waals surface area contributed by atoms with Crippen molar-refractivity contribution in [3.05, 3.63) is 41.5 Å². The third kappa shape index (κ3) is 7.93. The van der Waals surface area contributed by atoms with E-state index in [1.165, 1.54) is 6.92 Å². The van der Waals surface area contributed by atoms with Crippen LogP contribution in [-0.2, 0) is 19.8 Å². The maximum atomic E-state index is 13.7. The van der Waals surface area contributed by atoms with Gasteiger partial charge in [0, 0.05) is 23.7 Å². The van der Waals surface area contributed by atoms with Crippen molar-refractivity contribution in [3.63, 3.8) is 0 Å². The molecule has 0 aliphatic rings. The predicted octanol–water partition coefficient (Wildman–Crippen LogP) is 4.36. The zero-order valence-corrected chi connectivity index (χ0v) is 25.4. The number of aliphatic carboxylic acids is 1. The summed E-state index contributed by atoms with van der Waals surface area (Å²) in [6.07, 6.45) is 1.60. The summed E-state index contributed by atoms with van der Waals surface area (Å²) < 4.78 is 3.07. The Morgan fingerprint density at radius 1 is 1.03 bits per heavy atom. The lowest BCUT2D eigenvalue weighted by Crippen LogP contribution is -2.61. The molecule has 202 valence electrons. The molecule has 0 saturated heterocycles. The normalized spacial score (nSPS) is 15.2. The van der Waals surface area contributed by atoms with Gasteiger partial charge < -0.3 is 24.2 Å². The molecular weight excluding hydrogens is 571 g/mol. The molecule has 0 heterocycles. The number of carbonyl (C=O) groups is 3. The van der Waals surface area contributed by atoms with Crippen molar-refractivity contribution in [1.29, 1.82) is 0 Å². The van der Waals surface area contributed by atoms with E-state index in [9.17, 15) is 19.5 Å². The topological polar surface area (TPSA) is 111 Å². The van der Waals surface area contributed by atoms with Crippen molar-refractivity contribution in [3.8, 4) is 0 Å². The van der Waals surface area contributed by atoms with Crippen LogP contribution in [0.25, 0.3) is 0 Å². The highest BCUT2D eigenvalue weighted by molar-refractivity contribution is 14.1. The summed E-state index contributed by atoms with van der Waals surface area (Å²) in [6, 6.07) is 6.05. The van der Waals surface area contributed by atoms with Crippen molar-refractivity contribution in [1.82, 2.24) is 15.5 Å². The second-order valence-electron chi connectivity index (χ2n) is 11.3. The van der Waals surface area contributed by atoms with Crippen LogP contribution in [0.3, 0.4) is 0 Å². The molecular formula is C27H43IN4O4. The van der Waals surface area contributed by atoms with Crippen molar-refractivity contribution in [2.24, 2.45) is 11.3 Å². The average molecular weight is 615 g/mol. The van der Waals surface area contributed by atoms with Gasteiger partial charge in [0.1, 0.15) is 6.04 Å². The predicted molar refractivity (Wildman–Crippen MR) is 154 cm³/mol. The maximum Gasteiger partial charge on any atom is 0.331 e. The number of hydrogen-bond acceptors (Lipinski definition) is 5. The van der Waals surface area contributed by atoms with Crippen molar-refractivity contribution >= 4 is 46.3 Å². The monoisotopic (exact) mass is 614 g/mol. The van der Waals surface area contributed by atoms with Gasteiger partial charge in [-0.15, -0.1) is 0 Å². The maximum absolute atomic E-state index is 13.7. The summed E-state index contributed by atoms with van der Waals surface area (Å²) in [5.41, 5.74) is 0.975. The molecule has 4 N–H and O–H groups in total. The smallest absolute Gasteiger partial charge is 0.331 e. The van der Waals surface area contributed by atoms with Crippen LogP contribution < -0.4 is 14.2 Å². The molecule has 1 aromatic rings. The molecule has 36 heavy (non-hydrogen) atoms. The Morgan fingerprint density at radius 3 is 1.94 bits per heavy atom. The van der Waals surface area contributed by atoms with E-state index >= 15 is 0 Å². The molecule has 2 amide bonds. The fourth-order valence-electron chi connectivity index (χ4n) is 4.25. The van der Waals surface area contributed by atoms with Gasteiger partial charge in [-0.25, -0.2) is 4.79 Å². The number of nitrogens with zero attached hydrogens (tertiary/aromatic N) is 1. The minimum Gasteiger partial charge on any atom is -0.478 e. The van der Waals surface area contributed by atoms with Crippen molar-refractivity contribution in [2.45, 2.75) is 78.9 Å². The molecule has 0 saturated carbocycles. The minimum absolute atomic E-state index is 0.0198. The Kier molecular flexibility index (Phi) is 11.4. The van der Waals surface area contributed by atoms with Gasteiger partial charge in [-0.1, -0.05) is 66.7 Å². The first-order valence-corrected chi connectivity index (χ1v) is 13.2. The second kappa shape index (κ2) is 12.9. The number of carboxylic acids is 1. The van der Waals surface area contributed by atoms with Gasteiger partial charge in [0.25, 0.3) is 0 Å². The lowest BCUT2D eigenvalue weighted by molar-refractivity contribution is -0.141. The van der Waals surface area contributed by atoms with Gasteiger partial charge in [0.15, 0.2) is 0 Å². The standard InChI is InChI=1S/C27H43IN4O4/c1-16(2)20(15-17(3)25(35)36)32(10)24(34)22(26(4,5)6)30-23(33)21(29-9)27(7,8)18-11-13-19(31-28)14-12-18/h11-16,20-22,29,31H,1-10H3,(H,30,33)(H,35,36)/b17-15+/t20-,21-,22-/m1/s1. The number of amides is 2. The molecule has 9 heteroatoms. The number of halogens is 1. The van der Waals surface area contributed by atoms with Crippen LogP contribution in [0.1, 0.15) is 61.0 Å². The van der Waals surface area contributed by atoms with Crippen molar-refractivity contribution in [2.75, 3.05) is 17.6 Å². The van der Waals surface area contributed by atoms with E-state index in [0.29, 0.717) is 0 Å². The number of likely N-dealkylation sites (N-methyl/N-ethyl adjacent to an activating group) is 2. The first-order chi connectivity index (χ1) is 16.5. The number of nitrogens with one attached hydrogen (secondary N) is 3. The fraction of sp³-hybridized carbons (Fsp3) is 0.593. The fourth-order valence-corrected chi connectivity index (χ4v) is 4.61. The Hall–Kier alpha value is -2.14. The molecule has 0 spiro atoms. The van der Waals surface area contributed by atoms with Gasteiger partial charge in [-0.05, 0) is 43.0 Å². The van der Waals surface area contributed by atoms with E-state index in [1.54, 1.807) is 25.1 Å². The first kappa shape index (κ1) is 31.9. The third-order valence-corrected chi connectivity index (χ3v) is 7.27. The van der Waals surface area contributed by atoms with E-state index < -0.39 is 34.9 Å². The highest BCUT2D eigenvalue weighted by atomic mass is 127. The van der Waals surface area contributed by atoms with Crippen LogP contribution in [-0.4, -0.2) is 60.0 Å². The van der Waals surface area contributed by atoms with Gasteiger partial charge >= 0.3 is 5.97 Å². The van der Waals surface area contributed by atoms with E-state index in [1.807, 2.05) is 72.7 Å². The second-order valence-corrected chi connectivity index (χ2v) is 11.8. The number of carbonyl (C=O) groups excluding carboxylic acids is 2. The van der Waals surface area contributed by atoms with Gasteiger partial charge in [0.05, 0.1) is 34.9 Å². The number of hydrogen-bond donors (Lipinski definition) is 4. The highest BCUT2D eigenvalue weighted by Crippen LogP contribution is 2.30. The SMILES string of the molecule is CN[C@H](C(=O)N[C@H](C(=O)N(C)[C@H](/C=C(\C)C(=O)O)C(C)C)C(C)(C)C)C(C)(C)c1ccc(NI)cc1. The quantitative estimate of drug-likeness (QED) is 0.168. The molecule has 0 unspecified atom stereocenters. The van der Waals surface area contributed by atoms with Crippen LogP contribution in [0.2, 0.25) is 0 Å². The molecule has 1 rings (SSSR count). The molecule has 0 aromatic heterocycles. The summed E-state index contributed by atoms with van der Waals surface area (Å²) in [4.78, 5) is 40.3. The van der Waals surface area contributed by atoms with Gasteiger partial charge in [0.2, 0.25) is 11.8 Å². The third-order valence-electron chi connectivity index (χ3n) is 6.65. The summed E-state index contributed by atoms with van der Waals surface area (Å²) in [7, 11) is 3.40. The summed E-state index contributed by atoms with van der Waals surface area (Å²) in [5.74, 6) is -1.59. The van der Waals surface area contributed by atoms with Crippen LogP contribution in [0.5, 0.6) is 0 Å². The average Bonchev–Trinajstić information content (AvgIpc) is 2.79.